The highest BCUT2D eigenvalue weighted by atomic mass is 79.9. The summed E-state index contributed by atoms with van der Waals surface area (Å²) >= 11 is 13.1. The van der Waals surface area contributed by atoms with Crippen molar-refractivity contribution in [2.45, 2.75) is 19.8 Å². The minimum absolute atomic E-state index is 0.481. The van der Waals surface area contributed by atoms with Crippen LogP contribution in [0.25, 0.3) is 0 Å². The molecule has 0 aliphatic heterocycles. The number of ether oxygens (including phenoxy) is 1. The molecule has 2 rings (SSSR count). The molecule has 1 heterocycles. The summed E-state index contributed by atoms with van der Waals surface area (Å²) in [6.07, 6.45) is 3.23. The molecule has 0 saturated carbocycles. The van der Waals surface area contributed by atoms with Gasteiger partial charge < -0.3 is 10.1 Å². The lowest BCUT2D eigenvalue weighted by Crippen LogP contribution is -2.02. The molecule has 0 radical (unpaired) electrons. The number of anilines is 2. The molecule has 4 nitrogen and oxygen atoms in total. The van der Waals surface area contributed by atoms with Crippen molar-refractivity contribution < 1.29 is 4.74 Å². The summed E-state index contributed by atoms with van der Waals surface area (Å²) in [6, 6.07) is 3.81. The fourth-order valence-corrected chi connectivity index (χ4v) is 3.36. The van der Waals surface area contributed by atoms with E-state index in [9.17, 15) is 0 Å². The summed E-state index contributed by atoms with van der Waals surface area (Å²) in [7, 11) is 1.63. The Balaban J connectivity index is 2.41. The Morgan fingerprint density at radius 3 is 2.67 bits per heavy atom. The molecule has 2 aromatic rings. The average molecular weight is 436 g/mol. The summed E-state index contributed by atoms with van der Waals surface area (Å²) in [5, 5.41) is 3.77. The molecule has 0 aliphatic rings. The predicted octanol–water partition coefficient (Wildman–Crippen LogP) is 5.36. The Morgan fingerprint density at radius 1 is 1.24 bits per heavy atom. The van der Waals surface area contributed by atoms with Crippen molar-refractivity contribution in [1.82, 2.24) is 9.97 Å². The number of methoxy groups -OCH3 is 1. The fraction of sp³-hybridized carbons (Fsp3) is 0.286. The van der Waals surface area contributed by atoms with Gasteiger partial charge in [-0.3, -0.25) is 0 Å². The van der Waals surface area contributed by atoms with Crippen molar-refractivity contribution in [1.29, 1.82) is 0 Å². The van der Waals surface area contributed by atoms with Crippen LogP contribution in [0.15, 0.2) is 27.4 Å². The van der Waals surface area contributed by atoms with Crippen molar-refractivity contribution in [2.24, 2.45) is 0 Å². The van der Waals surface area contributed by atoms with Crippen LogP contribution < -0.4 is 10.1 Å². The molecule has 0 unspecified atom stereocenters. The van der Waals surface area contributed by atoms with Crippen LogP contribution in [-0.2, 0) is 6.42 Å². The number of halogens is 3. The van der Waals surface area contributed by atoms with Gasteiger partial charge in [-0.05, 0) is 44.3 Å². The standard InChI is InChI=1S/C14H14Br2ClN3O/c1-3-4-8-13(17)18-7-19-14(8)20-11-6-12(21-2)10(16)5-9(11)15/h5-7H,3-4H2,1-2H3,(H,18,19,20). The lowest BCUT2D eigenvalue weighted by atomic mass is 10.2. The molecule has 112 valence electrons. The quantitative estimate of drug-likeness (QED) is 0.643. The lowest BCUT2D eigenvalue weighted by molar-refractivity contribution is 0.412. The second-order valence-electron chi connectivity index (χ2n) is 4.33. The molecule has 0 spiro atoms. The average Bonchev–Trinajstić information content (AvgIpc) is 2.45. The van der Waals surface area contributed by atoms with Crippen LogP contribution >= 0.6 is 43.5 Å². The van der Waals surface area contributed by atoms with E-state index < -0.39 is 0 Å². The zero-order valence-electron chi connectivity index (χ0n) is 11.6. The molecular formula is C14H14Br2ClN3O. The van der Waals surface area contributed by atoms with Crippen molar-refractivity contribution in [3.63, 3.8) is 0 Å². The number of nitrogens with zero attached hydrogens (tertiary/aromatic N) is 2. The largest absolute Gasteiger partial charge is 0.495 e. The predicted molar refractivity (Wildman–Crippen MR) is 92.7 cm³/mol. The SMILES string of the molecule is CCCc1c(Cl)ncnc1Nc1cc(OC)c(Br)cc1Br. The topological polar surface area (TPSA) is 47.0 Å². The van der Waals surface area contributed by atoms with Gasteiger partial charge in [-0.2, -0.15) is 0 Å². The zero-order valence-corrected chi connectivity index (χ0v) is 15.5. The van der Waals surface area contributed by atoms with Gasteiger partial charge in [0.05, 0.1) is 17.3 Å². The van der Waals surface area contributed by atoms with E-state index in [-0.39, 0.29) is 0 Å². The van der Waals surface area contributed by atoms with Crippen LogP contribution in [0.1, 0.15) is 18.9 Å². The molecule has 0 fully saturated rings. The van der Waals surface area contributed by atoms with E-state index in [1.807, 2.05) is 12.1 Å². The molecule has 1 aromatic carbocycles. The lowest BCUT2D eigenvalue weighted by Gasteiger charge is -2.14. The number of rotatable bonds is 5. The van der Waals surface area contributed by atoms with Gasteiger partial charge in [-0.15, -0.1) is 0 Å². The highest BCUT2D eigenvalue weighted by Gasteiger charge is 2.12. The molecule has 0 bridgehead atoms. The van der Waals surface area contributed by atoms with Gasteiger partial charge in [0, 0.05) is 16.1 Å². The van der Waals surface area contributed by atoms with Gasteiger partial charge in [-0.25, -0.2) is 9.97 Å². The Hall–Kier alpha value is -0.850. The van der Waals surface area contributed by atoms with Gasteiger partial charge in [0.25, 0.3) is 0 Å². The first-order valence-electron chi connectivity index (χ1n) is 6.36. The third-order valence-electron chi connectivity index (χ3n) is 2.89. The Kier molecular flexibility index (Phi) is 5.84. The summed E-state index contributed by atoms with van der Waals surface area (Å²) in [5.74, 6) is 1.44. The van der Waals surface area contributed by atoms with E-state index in [0.29, 0.717) is 11.0 Å². The van der Waals surface area contributed by atoms with Crippen molar-refractivity contribution >= 4 is 55.0 Å². The second-order valence-corrected chi connectivity index (χ2v) is 6.40. The molecule has 0 amide bonds. The van der Waals surface area contributed by atoms with Gasteiger partial charge >= 0.3 is 0 Å². The minimum atomic E-state index is 0.481. The number of aromatic nitrogens is 2. The summed E-state index contributed by atoms with van der Waals surface area (Å²) in [6.45, 7) is 2.09. The Morgan fingerprint density at radius 2 is 2.00 bits per heavy atom. The van der Waals surface area contributed by atoms with Crippen LogP contribution in [0.3, 0.4) is 0 Å². The molecule has 1 aromatic heterocycles. The number of hydrogen-bond acceptors (Lipinski definition) is 4. The van der Waals surface area contributed by atoms with Gasteiger partial charge in [0.2, 0.25) is 0 Å². The van der Waals surface area contributed by atoms with Crippen molar-refractivity contribution in [2.75, 3.05) is 12.4 Å². The first-order valence-corrected chi connectivity index (χ1v) is 8.32. The number of nitrogens with one attached hydrogen (secondary N) is 1. The normalized spacial score (nSPS) is 10.5. The highest BCUT2D eigenvalue weighted by Crippen LogP contribution is 2.36. The zero-order chi connectivity index (χ0) is 15.4. The third-order valence-corrected chi connectivity index (χ3v) is 4.49. The van der Waals surface area contributed by atoms with Crippen LogP contribution in [0.2, 0.25) is 5.15 Å². The Bertz CT molecular complexity index is 652. The molecule has 0 atom stereocenters. The summed E-state index contributed by atoms with van der Waals surface area (Å²) in [4.78, 5) is 8.33. The van der Waals surface area contributed by atoms with Gasteiger partial charge in [-0.1, -0.05) is 24.9 Å². The van der Waals surface area contributed by atoms with Gasteiger partial charge in [0.1, 0.15) is 23.0 Å². The number of hydrogen-bond donors (Lipinski definition) is 1. The second kappa shape index (κ2) is 7.42. The monoisotopic (exact) mass is 433 g/mol. The molecule has 0 aliphatic carbocycles. The van der Waals surface area contributed by atoms with E-state index in [1.54, 1.807) is 7.11 Å². The molecule has 1 N–H and O–H groups in total. The third kappa shape index (κ3) is 3.87. The van der Waals surface area contributed by atoms with Crippen LogP contribution in [0.5, 0.6) is 5.75 Å². The highest BCUT2D eigenvalue weighted by molar-refractivity contribution is 9.11. The number of benzene rings is 1. The maximum atomic E-state index is 6.16. The smallest absolute Gasteiger partial charge is 0.138 e. The van der Waals surface area contributed by atoms with Crippen LogP contribution in [-0.4, -0.2) is 17.1 Å². The first-order chi connectivity index (χ1) is 10.1. The van der Waals surface area contributed by atoms with E-state index >= 15 is 0 Å². The fourth-order valence-electron chi connectivity index (χ4n) is 1.88. The summed E-state index contributed by atoms with van der Waals surface area (Å²) in [5.41, 5.74) is 1.76. The molecule has 0 saturated heterocycles. The van der Waals surface area contributed by atoms with E-state index in [1.165, 1.54) is 6.33 Å². The van der Waals surface area contributed by atoms with E-state index in [4.69, 9.17) is 16.3 Å². The molecule has 21 heavy (non-hydrogen) atoms. The molecule has 7 heteroatoms. The molecular weight excluding hydrogens is 421 g/mol. The van der Waals surface area contributed by atoms with Crippen molar-refractivity contribution in [3.8, 4) is 5.75 Å². The van der Waals surface area contributed by atoms with E-state index in [2.05, 4.69) is 54.1 Å². The van der Waals surface area contributed by atoms with E-state index in [0.717, 1.165) is 38.8 Å². The van der Waals surface area contributed by atoms with Crippen molar-refractivity contribution in [3.05, 3.63) is 38.1 Å². The minimum Gasteiger partial charge on any atom is -0.495 e. The van der Waals surface area contributed by atoms with Gasteiger partial charge in [0.15, 0.2) is 0 Å². The van der Waals surface area contributed by atoms with Crippen LogP contribution in [0, 0.1) is 0 Å². The maximum absolute atomic E-state index is 6.16. The Labute approximate surface area is 145 Å². The maximum Gasteiger partial charge on any atom is 0.138 e. The summed E-state index contributed by atoms with van der Waals surface area (Å²) < 4.78 is 7.08. The van der Waals surface area contributed by atoms with Crippen LogP contribution in [0.4, 0.5) is 11.5 Å². The first kappa shape index (κ1) is 16.5.